The molecule has 0 atom stereocenters. The zero-order valence-corrected chi connectivity index (χ0v) is 12.3. The van der Waals surface area contributed by atoms with Crippen LogP contribution in [0.4, 0.5) is 5.69 Å². The van der Waals surface area contributed by atoms with Crippen LogP contribution < -0.4 is 5.32 Å². The van der Waals surface area contributed by atoms with Gasteiger partial charge in [0.2, 0.25) is 5.91 Å². The van der Waals surface area contributed by atoms with Gasteiger partial charge < -0.3 is 9.88 Å². The molecule has 3 rings (SSSR count). The molecule has 0 fully saturated rings. The number of aromatic nitrogens is 2. The van der Waals surface area contributed by atoms with E-state index in [-0.39, 0.29) is 5.91 Å². The van der Waals surface area contributed by atoms with Gasteiger partial charge in [-0.1, -0.05) is 6.07 Å². The summed E-state index contributed by atoms with van der Waals surface area (Å²) in [5.41, 5.74) is 5.13. The summed E-state index contributed by atoms with van der Waals surface area (Å²) in [5, 5.41) is 2.77. The van der Waals surface area contributed by atoms with Crippen molar-refractivity contribution in [2.75, 3.05) is 5.32 Å². The lowest BCUT2D eigenvalue weighted by molar-refractivity contribution is -0.114. The standard InChI is InChI=1S/C17H17N3O/c1-11-4-9-16-15(10-11)19-17(20(16)3)13-5-7-14(8-6-13)18-12(2)21/h4-10H,1-3H3,(H,18,21). The van der Waals surface area contributed by atoms with E-state index in [2.05, 4.69) is 35.0 Å². The number of hydrogen-bond acceptors (Lipinski definition) is 2. The predicted molar refractivity (Wildman–Crippen MR) is 85.2 cm³/mol. The highest BCUT2D eigenvalue weighted by Gasteiger charge is 2.09. The topological polar surface area (TPSA) is 46.9 Å². The molecule has 4 heteroatoms. The van der Waals surface area contributed by atoms with Crippen LogP contribution in [-0.2, 0) is 11.8 Å². The van der Waals surface area contributed by atoms with Gasteiger partial charge in [0.25, 0.3) is 0 Å². The van der Waals surface area contributed by atoms with E-state index in [1.807, 2.05) is 31.3 Å². The number of nitrogens with one attached hydrogen (secondary N) is 1. The Morgan fingerprint density at radius 2 is 1.86 bits per heavy atom. The Balaban J connectivity index is 2.03. The van der Waals surface area contributed by atoms with Gasteiger partial charge in [0.05, 0.1) is 11.0 Å². The smallest absolute Gasteiger partial charge is 0.221 e. The fraction of sp³-hybridized carbons (Fsp3) is 0.176. The Bertz CT molecular complexity index is 816. The molecule has 0 saturated heterocycles. The van der Waals surface area contributed by atoms with Crippen LogP contribution in [0.25, 0.3) is 22.4 Å². The number of fused-ring (bicyclic) bond motifs is 1. The highest BCUT2D eigenvalue weighted by atomic mass is 16.1. The maximum absolute atomic E-state index is 11.0. The van der Waals surface area contributed by atoms with Crippen molar-refractivity contribution in [2.45, 2.75) is 13.8 Å². The minimum absolute atomic E-state index is 0.0686. The van der Waals surface area contributed by atoms with Gasteiger partial charge in [0, 0.05) is 25.2 Å². The fourth-order valence-electron chi connectivity index (χ4n) is 2.47. The van der Waals surface area contributed by atoms with E-state index in [0.717, 1.165) is 28.1 Å². The molecule has 0 unspecified atom stereocenters. The third-order valence-electron chi connectivity index (χ3n) is 3.50. The van der Waals surface area contributed by atoms with Gasteiger partial charge in [0.15, 0.2) is 0 Å². The molecule has 21 heavy (non-hydrogen) atoms. The summed E-state index contributed by atoms with van der Waals surface area (Å²) in [6.45, 7) is 3.57. The lowest BCUT2D eigenvalue weighted by Gasteiger charge is -2.05. The zero-order chi connectivity index (χ0) is 15.0. The van der Waals surface area contributed by atoms with Crippen LogP contribution >= 0.6 is 0 Å². The highest BCUT2D eigenvalue weighted by molar-refractivity contribution is 5.89. The average Bonchev–Trinajstić information content (AvgIpc) is 2.75. The molecule has 0 aliphatic rings. The molecule has 2 aromatic carbocycles. The van der Waals surface area contributed by atoms with E-state index in [1.165, 1.54) is 12.5 Å². The number of anilines is 1. The number of aryl methyl sites for hydroxylation is 2. The van der Waals surface area contributed by atoms with Crippen LogP contribution in [0.15, 0.2) is 42.5 Å². The van der Waals surface area contributed by atoms with E-state index >= 15 is 0 Å². The Morgan fingerprint density at radius 1 is 1.14 bits per heavy atom. The quantitative estimate of drug-likeness (QED) is 0.780. The van der Waals surface area contributed by atoms with Gasteiger partial charge in [-0.05, 0) is 48.9 Å². The zero-order valence-electron chi connectivity index (χ0n) is 12.3. The molecule has 0 spiro atoms. The Labute approximate surface area is 123 Å². The Morgan fingerprint density at radius 3 is 2.52 bits per heavy atom. The monoisotopic (exact) mass is 279 g/mol. The average molecular weight is 279 g/mol. The first-order valence-electron chi connectivity index (χ1n) is 6.86. The first-order valence-corrected chi connectivity index (χ1v) is 6.86. The Hall–Kier alpha value is -2.62. The lowest BCUT2D eigenvalue weighted by atomic mass is 10.2. The van der Waals surface area contributed by atoms with Crippen molar-refractivity contribution >= 4 is 22.6 Å². The molecule has 4 nitrogen and oxygen atoms in total. The summed E-state index contributed by atoms with van der Waals surface area (Å²) < 4.78 is 2.09. The van der Waals surface area contributed by atoms with Gasteiger partial charge in [0.1, 0.15) is 5.82 Å². The van der Waals surface area contributed by atoms with E-state index in [9.17, 15) is 4.79 Å². The van der Waals surface area contributed by atoms with Crippen molar-refractivity contribution in [2.24, 2.45) is 7.05 Å². The minimum atomic E-state index is -0.0686. The molecule has 1 heterocycles. The second kappa shape index (κ2) is 5.05. The van der Waals surface area contributed by atoms with Gasteiger partial charge in [-0.15, -0.1) is 0 Å². The first kappa shape index (κ1) is 13.4. The summed E-state index contributed by atoms with van der Waals surface area (Å²) >= 11 is 0. The number of hydrogen-bond donors (Lipinski definition) is 1. The fourth-order valence-corrected chi connectivity index (χ4v) is 2.47. The van der Waals surface area contributed by atoms with Crippen LogP contribution in [0.3, 0.4) is 0 Å². The summed E-state index contributed by atoms with van der Waals surface area (Å²) in [4.78, 5) is 15.8. The van der Waals surface area contributed by atoms with E-state index in [1.54, 1.807) is 0 Å². The lowest BCUT2D eigenvalue weighted by Crippen LogP contribution is -2.05. The van der Waals surface area contributed by atoms with Crippen molar-refractivity contribution in [3.8, 4) is 11.4 Å². The number of carbonyl (C=O) groups excluding carboxylic acids is 1. The molecule has 1 aromatic heterocycles. The predicted octanol–water partition coefficient (Wildman–Crippen LogP) is 3.51. The van der Waals surface area contributed by atoms with Crippen LogP contribution in [-0.4, -0.2) is 15.5 Å². The SMILES string of the molecule is CC(=O)Nc1ccc(-c2nc3cc(C)ccc3n2C)cc1. The second-order valence-corrected chi connectivity index (χ2v) is 5.25. The van der Waals surface area contributed by atoms with Gasteiger partial charge in [-0.2, -0.15) is 0 Å². The molecule has 0 saturated carbocycles. The van der Waals surface area contributed by atoms with Gasteiger partial charge in [-0.3, -0.25) is 4.79 Å². The number of rotatable bonds is 2. The highest BCUT2D eigenvalue weighted by Crippen LogP contribution is 2.25. The minimum Gasteiger partial charge on any atom is -0.327 e. The Kier molecular flexibility index (Phi) is 3.22. The molecule has 0 radical (unpaired) electrons. The molecule has 0 aliphatic heterocycles. The molecule has 106 valence electrons. The second-order valence-electron chi connectivity index (χ2n) is 5.25. The normalized spacial score (nSPS) is 10.8. The number of benzene rings is 2. The van der Waals surface area contributed by atoms with Gasteiger partial charge in [-0.25, -0.2) is 4.98 Å². The number of carbonyl (C=O) groups is 1. The largest absolute Gasteiger partial charge is 0.327 e. The number of imidazole rings is 1. The maximum atomic E-state index is 11.0. The van der Waals surface area contributed by atoms with Crippen LogP contribution in [0.5, 0.6) is 0 Å². The summed E-state index contributed by atoms with van der Waals surface area (Å²) in [7, 11) is 2.02. The van der Waals surface area contributed by atoms with Crippen LogP contribution in [0.2, 0.25) is 0 Å². The molecule has 1 N–H and O–H groups in total. The maximum Gasteiger partial charge on any atom is 0.221 e. The van der Waals surface area contributed by atoms with Crippen molar-refractivity contribution < 1.29 is 4.79 Å². The first-order chi connectivity index (χ1) is 10.0. The summed E-state index contributed by atoms with van der Waals surface area (Å²) in [6.07, 6.45) is 0. The summed E-state index contributed by atoms with van der Waals surface area (Å²) in [5.74, 6) is 0.853. The number of amides is 1. The molecular weight excluding hydrogens is 262 g/mol. The van der Waals surface area contributed by atoms with Crippen molar-refractivity contribution in [3.05, 3.63) is 48.0 Å². The van der Waals surface area contributed by atoms with Crippen LogP contribution in [0.1, 0.15) is 12.5 Å². The van der Waals surface area contributed by atoms with Crippen molar-refractivity contribution in [1.29, 1.82) is 0 Å². The number of nitrogens with zero attached hydrogens (tertiary/aromatic N) is 2. The molecule has 0 aliphatic carbocycles. The van der Waals surface area contributed by atoms with Crippen molar-refractivity contribution in [3.63, 3.8) is 0 Å². The molecule has 1 amide bonds. The molecule has 0 bridgehead atoms. The van der Waals surface area contributed by atoms with Crippen molar-refractivity contribution in [1.82, 2.24) is 9.55 Å². The third-order valence-corrected chi connectivity index (χ3v) is 3.50. The van der Waals surface area contributed by atoms with E-state index in [0.29, 0.717) is 0 Å². The molecular formula is C17H17N3O. The summed E-state index contributed by atoms with van der Waals surface area (Å²) in [6, 6.07) is 14.0. The van der Waals surface area contributed by atoms with Crippen LogP contribution in [0, 0.1) is 6.92 Å². The van der Waals surface area contributed by atoms with Gasteiger partial charge >= 0.3 is 0 Å². The van der Waals surface area contributed by atoms with E-state index in [4.69, 9.17) is 4.98 Å². The third kappa shape index (κ3) is 2.52. The molecule has 3 aromatic rings. The van der Waals surface area contributed by atoms with E-state index < -0.39 is 0 Å².